The number of nitrogens with one attached hydrogen (secondary N) is 1. The van der Waals surface area contributed by atoms with Crippen LogP contribution in [-0.2, 0) is 13.0 Å². The first-order valence-electron chi connectivity index (χ1n) is 7.28. The van der Waals surface area contributed by atoms with Crippen molar-refractivity contribution < 1.29 is 4.79 Å². The molecule has 1 aliphatic heterocycles. The summed E-state index contributed by atoms with van der Waals surface area (Å²) in [6.07, 6.45) is 1.06. The molecule has 0 bridgehead atoms. The molecule has 0 aromatic heterocycles. The highest BCUT2D eigenvalue weighted by atomic mass is 16.1. The van der Waals surface area contributed by atoms with Gasteiger partial charge in [-0.05, 0) is 47.9 Å². The minimum atomic E-state index is -0.123. The smallest absolute Gasteiger partial charge is 0.251 e. The molecule has 22 heavy (non-hydrogen) atoms. The molecule has 0 radical (unpaired) electrons. The highest BCUT2D eigenvalue weighted by molar-refractivity contribution is 5.94. The number of rotatable bonds is 3. The molecule has 1 N–H and O–H groups in total. The van der Waals surface area contributed by atoms with Crippen LogP contribution in [0.25, 0.3) is 0 Å². The van der Waals surface area contributed by atoms with Crippen LogP contribution in [-0.4, -0.2) is 19.5 Å². The number of carbonyl (C=O) groups excluding carboxylic acids is 1. The van der Waals surface area contributed by atoms with Gasteiger partial charge in [-0.3, -0.25) is 4.79 Å². The number of nitriles is 1. The van der Waals surface area contributed by atoms with E-state index in [-0.39, 0.29) is 5.91 Å². The maximum absolute atomic E-state index is 12.1. The van der Waals surface area contributed by atoms with Crippen LogP contribution in [0.4, 0.5) is 5.69 Å². The molecule has 4 nitrogen and oxygen atoms in total. The monoisotopic (exact) mass is 291 g/mol. The molecule has 0 spiro atoms. The third-order valence-electron chi connectivity index (χ3n) is 4.00. The van der Waals surface area contributed by atoms with Crippen LogP contribution in [0.3, 0.4) is 0 Å². The molecule has 110 valence electrons. The minimum Gasteiger partial charge on any atom is -0.374 e. The topological polar surface area (TPSA) is 56.1 Å². The van der Waals surface area contributed by atoms with Gasteiger partial charge in [-0.15, -0.1) is 0 Å². The fourth-order valence-corrected chi connectivity index (χ4v) is 2.71. The predicted molar refractivity (Wildman–Crippen MR) is 85.7 cm³/mol. The van der Waals surface area contributed by atoms with Crippen molar-refractivity contribution in [3.05, 3.63) is 64.7 Å². The van der Waals surface area contributed by atoms with Crippen molar-refractivity contribution in [1.82, 2.24) is 5.32 Å². The Morgan fingerprint density at radius 2 is 2.05 bits per heavy atom. The Hall–Kier alpha value is -2.80. The first-order valence-corrected chi connectivity index (χ1v) is 7.28. The lowest BCUT2D eigenvalue weighted by Crippen LogP contribution is -2.22. The van der Waals surface area contributed by atoms with Gasteiger partial charge in [-0.2, -0.15) is 5.26 Å². The molecule has 3 rings (SSSR count). The van der Waals surface area contributed by atoms with Gasteiger partial charge in [-0.1, -0.05) is 12.1 Å². The van der Waals surface area contributed by atoms with E-state index in [4.69, 9.17) is 5.26 Å². The predicted octanol–water partition coefficient (Wildman–Crippen LogP) is 2.48. The third-order valence-corrected chi connectivity index (χ3v) is 4.00. The molecule has 1 aliphatic rings. The highest BCUT2D eigenvalue weighted by Gasteiger charge is 2.15. The highest BCUT2D eigenvalue weighted by Crippen LogP contribution is 2.27. The second-order valence-corrected chi connectivity index (χ2v) is 5.51. The van der Waals surface area contributed by atoms with Crippen LogP contribution in [0, 0.1) is 11.3 Å². The standard InChI is InChI=1S/C18H17N3O/c1-21-9-8-16-10-14(4-7-17(16)21)12-20-18(22)15-5-2-13(11-19)3-6-15/h2-7,10H,8-9,12H2,1H3,(H,20,22). The Balaban J connectivity index is 1.65. The van der Waals surface area contributed by atoms with Gasteiger partial charge in [0.15, 0.2) is 0 Å². The number of nitrogens with zero attached hydrogens (tertiary/aromatic N) is 2. The zero-order valence-corrected chi connectivity index (χ0v) is 12.5. The first-order chi connectivity index (χ1) is 10.7. The molecule has 2 aromatic carbocycles. The van der Waals surface area contributed by atoms with Crippen molar-refractivity contribution in [3.8, 4) is 6.07 Å². The van der Waals surface area contributed by atoms with Crippen molar-refractivity contribution in [2.24, 2.45) is 0 Å². The Bertz CT molecular complexity index is 744. The normalized spacial score (nSPS) is 12.6. The van der Waals surface area contributed by atoms with Gasteiger partial charge in [0.1, 0.15) is 0 Å². The maximum Gasteiger partial charge on any atom is 0.251 e. The number of hydrogen-bond acceptors (Lipinski definition) is 3. The number of likely N-dealkylation sites (N-methyl/N-ethyl adjacent to an activating group) is 1. The fraction of sp³-hybridized carbons (Fsp3) is 0.222. The van der Waals surface area contributed by atoms with E-state index in [2.05, 4.69) is 35.5 Å². The molecule has 1 amide bonds. The molecular formula is C18H17N3O. The molecule has 0 unspecified atom stereocenters. The molecule has 0 aliphatic carbocycles. The lowest BCUT2D eigenvalue weighted by molar-refractivity contribution is 0.0951. The fourth-order valence-electron chi connectivity index (χ4n) is 2.71. The van der Waals surface area contributed by atoms with Crippen LogP contribution in [0.2, 0.25) is 0 Å². The van der Waals surface area contributed by atoms with E-state index in [1.165, 1.54) is 11.3 Å². The lowest BCUT2D eigenvalue weighted by Gasteiger charge is -2.12. The molecule has 0 saturated carbocycles. The number of benzene rings is 2. The van der Waals surface area contributed by atoms with E-state index in [0.29, 0.717) is 17.7 Å². The van der Waals surface area contributed by atoms with Gasteiger partial charge < -0.3 is 10.2 Å². The number of carbonyl (C=O) groups is 1. The lowest BCUT2D eigenvalue weighted by atomic mass is 10.1. The maximum atomic E-state index is 12.1. The number of amides is 1. The Labute approximate surface area is 130 Å². The van der Waals surface area contributed by atoms with E-state index in [1.807, 2.05) is 6.07 Å². The van der Waals surface area contributed by atoms with Gasteiger partial charge in [0, 0.05) is 31.4 Å². The van der Waals surface area contributed by atoms with Crippen molar-refractivity contribution in [2.45, 2.75) is 13.0 Å². The zero-order chi connectivity index (χ0) is 15.5. The Morgan fingerprint density at radius 3 is 2.77 bits per heavy atom. The largest absolute Gasteiger partial charge is 0.374 e. The second-order valence-electron chi connectivity index (χ2n) is 5.51. The van der Waals surface area contributed by atoms with Crippen molar-refractivity contribution >= 4 is 11.6 Å². The molecule has 0 saturated heterocycles. The summed E-state index contributed by atoms with van der Waals surface area (Å²) in [5.41, 5.74) is 4.85. The van der Waals surface area contributed by atoms with E-state index in [0.717, 1.165) is 18.5 Å². The summed E-state index contributed by atoms with van der Waals surface area (Å²) >= 11 is 0. The number of hydrogen-bond donors (Lipinski definition) is 1. The molecular weight excluding hydrogens is 274 g/mol. The van der Waals surface area contributed by atoms with E-state index >= 15 is 0 Å². The van der Waals surface area contributed by atoms with Gasteiger partial charge in [0.2, 0.25) is 0 Å². The Morgan fingerprint density at radius 1 is 1.27 bits per heavy atom. The molecule has 4 heteroatoms. The Kier molecular flexibility index (Phi) is 3.80. The summed E-state index contributed by atoms with van der Waals surface area (Å²) < 4.78 is 0. The van der Waals surface area contributed by atoms with Crippen LogP contribution < -0.4 is 10.2 Å². The van der Waals surface area contributed by atoms with Crippen LogP contribution in [0.1, 0.15) is 27.0 Å². The second kappa shape index (κ2) is 5.90. The van der Waals surface area contributed by atoms with Gasteiger partial charge >= 0.3 is 0 Å². The third kappa shape index (κ3) is 2.79. The minimum absolute atomic E-state index is 0.123. The van der Waals surface area contributed by atoms with Crippen molar-refractivity contribution in [3.63, 3.8) is 0 Å². The number of fused-ring (bicyclic) bond motifs is 1. The van der Waals surface area contributed by atoms with Gasteiger partial charge in [0.05, 0.1) is 11.6 Å². The van der Waals surface area contributed by atoms with E-state index < -0.39 is 0 Å². The summed E-state index contributed by atoms with van der Waals surface area (Å²) in [5, 5.41) is 11.7. The van der Waals surface area contributed by atoms with Gasteiger partial charge in [-0.25, -0.2) is 0 Å². The van der Waals surface area contributed by atoms with Crippen LogP contribution >= 0.6 is 0 Å². The summed E-state index contributed by atoms with van der Waals surface area (Å²) in [6.45, 7) is 1.56. The zero-order valence-electron chi connectivity index (χ0n) is 12.5. The van der Waals surface area contributed by atoms with E-state index in [1.54, 1.807) is 24.3 Å². The molecule has 0 fully saturated rings. The summed E-state index contributed by atoms with van der Waals surface area (Å²) in [7, 11) is 2.10. The van der Waals surface area contributed by atoms with Crippen molar-refractivity contribution in [1.29, 1.82) is 5.26 Å². The quantitative estimate of drug-likeness (QED) is 0.945. The molecule has 1 heterocycles. The average molecular weight is 291 g/mol. The number of anilines is 1. The summed E-state index contributed by atoms with van der Waals surface area (Å²) in [6, 6.07) is 15.0. The SMILES string of the molecule is CN1CCc2cc(CNC(=O)c3ccc(C#N)cc3)ccc21. The summed E-state index contributed by atoms with van der Waals surface area (Å²) in [5.74, 6) is -0.123. The summed E-state index contributed by atoms with van der Waals surface area (Å²) in [4.78, 5) is 14.3. The van der Waals surface area contributed by atoms with Gasteiger partial charge in [0.25, 0.3) is 5.91 Å². The van der Waals surface area contributed by atoms with E-state index in [9.17, 15) is 4.79 Å². The van der Waals surface area contributed by atoms with Crippen LogP contribution in [0.5, 0.6) is 0 Å². The van der Waals surface area contributed by atoms with Crippen LogP contribution in [0.15, 0.2) is 42.5 Å². The molecule has 2 aromatic rings. The average Bonchev–Trinajstić information content (AvgIpc) is 2.93. The first kappa shape index (κ1) is 14.2. The molecule has 0 atom stereocenters. The van der Waals surface area contributed by atoms with Crippen molar-refractivity contribution in [2.75, 3.05) is 18.5 Å².